The van der Waals surface area contributed by atoms with Gasteiger partial charge in [-0.2, -0.15) is 0 Å². The Balaban J connectivity index is 1.89. The Bertz CT molecular complexity index is 857. The molecule has 2 heterocycles. The van der Waals surface area contributed by atoms with E-state index < -0.39 is 0 Å². The average molecular weight is 400 g/mol. The number of amides is 2. The lowest BCUT2D eigenvalue weighted by Gasteiger charge is -2.26. The van der Waals surface area contributed by atoms with Crippen LogP contribution in [0.2, 0.25) is 0 Å². The molecule has 1 fully saturated rings. The summed E-state index contributed by atoms with van der Waals surface area (Å²) < 4.78 is 13.7. The van der Waals surface area contributed by atoms with Crippen LogP contribution < -0.4 is 10.2 Å². The maximum Gasteiger partial charge on any atom is 0.317 e. The second-order valence-electron chi connectivity index (χ2n) is 7.34. The van der Waals surface area contributed by atoms with Crippen molar-refractivity contribution in [1.29, 1.82) is 0 Å². The van der Waals surface area contributed by atoms with E-state index in [9.17, 15) is 9.18 Å². The van der Waals surface area contributed by atoms with Crippen molar-refractivity contribution in [3.05, 3.63) is 52.7 Å². The minimum Gasteiger partial charge on any atom is -0.354 e. The van der Waals surface area contributed by atoms with Crippen molar-refractivity contribution in [3.63, 3.8) is 0 Å². The molecular weight excluding hydrogens is 369 g/mol. The van der Waals surface area contributed by atoms with Crippen LogP contribution in [0.4, 0.5) is 15.0 Å². The quantitative estimate of drug-likeness (QED) is 0.838. The van der Waals surface area contributed by atoms with Crippen LogP contribution in [0.25, 0.3) is 0 Å². The molecule has 7 heteroatoms. The minimum atomic E-state index is -0.234. The Morgan fingerprint density at radius 1 is 1.17 bits per heavy atom. The molecule has 0 unspecified atom stereocenters. The lowest BCUT2D eigenvalue weighted by molar-refractivity contribution is 0.202. The Kier molecular flexibility index (Phi) is 7.01. The third-order valence-electron chi connectivity index (χ3n) is 5.20. The Hall–Kier alpha value is -2.70. The number of halogens is 1. The van der Waals surface area contributed by atoms with Crippen molar-refractivity contribution in [2.45, 2.75) is 40.0 Å². The molecular formula is C22H30FN5O. The van der Waals surface area contributed by atoms with Gasteiger partial charge in [-0.25, -0.2) is 19.2 Å². The number of carbonyl (C=O) groups is 1. The second kappa shape index (κ2) is 9.67. The van der Waals surface area contributed by atoms with Crippen molar-refractivity contribution >= 4 is 11.8 Å². The molecule has 0 aliphatic carbocycles. The third-order valence-corrected chi connectivity index (χ3v) is 5.20. The molecule has 1 N–H and O–H groups in total. The Morgan fingerprint density at radius 2 is 2.00 bits per heavy atom. The fourth-order valence-corrected chi connectivity index (χ4v) is 3.82. The molecule has 2 aromatic rings. The maximum atomic E-state index is 13.7. The van der Waals surface area contributed by atoms with E-state index in [2.05, 4.69) is 22.1 Å². The van der Waals surface area contributed by atoms with Gasteiger partial charge in [0.25, 0.3) is 0 Å². The topological polar surface area (TPSA) is 61.4 Å². The average Bonchev–Trinajstić information content (AvgIpc) is 2.95. The number of hydrogen-bond donors (Lipinski definition) is 1. The summed E-state index contributed by atoms with van der Waals surface area (Å²) in [6.45, 7) is 9.46. The second-order valence-corrected chi connectivity index (χ2v) is 7.34. The number of aryl methyl sites for hydroxylation is 2. The van der Waals surface area contributed by atoms with Crippen LogP contribution in [-0.2, 0) is 12.8 Å². The van der Waals surface area contributed by atoms with Gasteiger partial charge in [0.05, 0.1) is 0 Å². The number of nitrogens with one attached hydrogen (secondary N) is 1. The zero-order valence-electron chi connectivity index (χ0n) is 17.5. The first-order chi connectivity index (χ1) is 14.0. The van der Waals surface area contributed by atoms with Crippen molar-refractivity contribution < 1.29 is 9.18 Å². The first kappa shape index (κ1) is 21.0. The summed E-state index contributed by atoms with van der Waals surface area (Å²) in [4.78, 5) is 25.8. The van der Waals surface area contributed by atoms with Gasteiger partial charge in [-0.15, -0.1) is 0 Å². The number of benzene rings is 1. The number of urea groups is 1. The number of carbonyl (C=O) groups excluding carboxylic acids is 1. The molecule has 1 aromatic carbocycles. The molecule has 0 radical (unpaired) electrons. The zero-order chi connectivity index (χ0) is 20.8. The number of nitrogens with zero attached hydrogens (tertiary/aromatic N) is 4. The van der Waals surface area contributed by atoms with Gasteiger partial charge in [-0.1, -0.05) is 19.1 Å². The monoisotopic (exact) mass is 399 g/mol. The van der Waals surface area contributed by atoms with E-state index in [0.29, 0.717) is 26.1 Å². The number of hydrogen-bond acceptors (Lipinski definition) is 4. The Labute approximate surface area is 172 Å². The Morgan fingerprint density at radius 3 is 2.72 bits per heavy atom. The molecule has 1 saturated heterocycles. The normalized spacial score (nSPS) is 14.6. The molecule has 29 heavy (non-hydrogen) atoms. The molecule has 6 nitrogen and oxygen atoms in total. The van der Waals surface area contributed by atoms with Gasteiger partial charge < -0.3 is 15.1 Å². The van der Waals surface area contributed by atoms with Gasteiger partial charge in [-0.3, -0.25) is 0 Å². The van der Waals surface area contributed by atoms with E-state index in [1.54, 1.807) is 12.1 Å². The minimum absolute atomic E-state index is 0.0116. The van der Waals surface area contributed by atoms with E-state index in [4.69, 9.17) is 4.98 Å². The molecule has 0 saturated carbocycles. The summed E-state index contributed by atoms with van der Waals surface area (Å²) >= 11 is 0. The SMILES string of the molecule is CCNC(=O)N1CCCN(c2nc(C)nc(CC)c2Cc2cccc(F)c2)CC1. The summed E-state index contributed by atoms with van der Waals surface area (Å²) in [6, 6.07) is 6.69. The summed E-state index contributed by atoms with van der Waals surface area (Å²) in [7, 11) is 0. The van der Waals surface area contributed by atoms with Gasteiger partial charge in [0.1, 0.15) is 17.5 Å². The maximum absolute atomic E-state index is 13.7. The van der Waals surface area contributed by atoms with Gasteiger partial charge in [0, 0.05) is 50.4 Å². The summed E-state index contributed by atoms with van der Waals surface area (Å²) in [5, 5.41) is 2.88. The third kappa shape index (κ3) is 5.22. The molecule has 0 spiro atoms. The highest BCUT2D eigenvalue weighted by Crippen LogP contribution is 2.26. The molecule has 1 aliphatic rings. The van der Waals surface area contributed by atoms with E-state index in [0.717, 1.165) is 54.4 Å². The predicted octanol–water partition coefficient (Wildman–Crippen LogP) is 3.32. The van der Waals surface area contributed by atoms with E-state index in [1.165, 1.54) is 6.07 Å². The number of anilines is 1. The van der Waals surface area contributed by atoms with Gasteiger partial charge in [0.15, 0.2) is 0 Å². The molecule has 3 rings (SSSR count). The summed E-state index contributed by atoms with van der Waals surface area (Å²) in [6.07, 6.45) is 2.26. The van der Waals surface area contributed by atoms with Crippen LogP contribution in [0.3, 0.4) is 0 Å². The van der Waals surface area contributed by atoms with Crippen LogP contribution in [0.1, 0.15) is 42.9 Å². The molecule has 0 bridgehead atoms. The van der Waals surface area contributed by atoms with Crippen LogP contribution in [0.15, 0.2) is 24.3 Å². The molecule has 0 atom stereocenters. The fourth-order valence-electron chi connectivity index (χ4n) is 3.82. The van der Waals surface area contributed by atoms with Crippen LogP contribution in [0.5, 0.6) is 0 Å². The van der Waals surface area contributed by atoms with Crippen molar-refractivity contribution in [2.75, 3.05) is 37.6 Å². The van der Waals surface area contributed by atoms with Crippen molar-refractivity contribution in [1.82, 2.24) is 20.2 Å². The van der Waals surface area contributed by atoms with Gasteiger partial charge >= 0.3 is 6.03 Å². The lowest BCUT2D eigenvalue weighted by atomic mass is 10.0. The standard InChI is InChI=1S/C22H30FN5O/c1-4-20-19(15-17-8-6-9-18(23)14-17)21(26-16(3)25-20)27-10-7-11-28(13-12-27)22(29)24-5-2/h6,8-9,14H,4-5,7,10-13,15H2,1-3H3,(H,24,29). The highest BCUT2D eigenvalue weighted by atomic mass is 19.1. The van der Waals surface area contributed by atoms with Crippen LogP contribution in [-0.4, -0.2) is 53.6 Å². The fraction of sp³-hybridized carbons (Fsp3) is 0.500. The molecule has 156 valence electrons. The number of aromatic nitrogens is 2. The predicted molar refractivity (Wildman–Crippen MR) is 113 cm³/mol. The highest BCUT2D eigenvalue weighted by Gasteiger charge is 2.23. The van der Waals surface area contributed by atoms with Crippen molar-refractivity contribution in [3.8, 4) is 0 Å². The largest absolute Gasteiger partial charge is 0.354 e. The first-order valence-electron chi connectivity index (χ1n) is 10.4. The van der Waals surface area contributed by atoms with E-state index >= 15 is 0 Å². The van der Waals surface area contributed by atoms with E-state index in [1.807, 2.05) is 24.8 Å². The zero-order valence-corrected chi connectivity index (χ0v) is 17.5. The van der Waals surface area contributed by atoms with Crippen LogP contribution >= 0.6 is 0 Å². The molecule has 1 aliphatic heterocycles. The molecule has 2 amide bonds. The highest BCUT2D eigenvalue weighted by molar-refractivity contribution is 5.74. The molecule has 1 aromatic heterocycles. The first-order valence-corrected chi connectivity index (χ1v) is 10.4. The number of rotatable bonds is 5. The van der Waals surface area contributed by atoms with Crippen molar-refractivity contribution in [2.24, 2.45) is 0 Å². The van der Waals surface area contributed by atoms with Gasteiger partial charge in [0.2, 0.25) is 0 Å². The van der Waals surface area contributed by atoms with E-state index in [-0.39, 0.29) is 11.8 Å². The van der Waals surface area contributed by atoms with Gasteiger partial charge in [-0.05, 0) is 44.4 Å². The summed E-state index contributed by atoms with van der Waals surface area (Å²) in [5.41, 5.74) is 2.96. The lowest BCUT2D eigenvalue weighted by Crippen LogP contribution is -2.42. The smallest absolute Gasteiger partial charge is 0.317 e. The van der Waals surface area contributed by atoms with Crippen LogP contribution in [0, 0.1) is 12.7 Å². The summed E-state index contributed by atoms with van der Waals surface area (Å²) in [5.74, 6) is 1.42.